The fourth-order valence-electron chi connectivity index (χ4n) is 4.21. The van der Waals surface area contributed by atoms with E-state index >= 15 is 0 Å². The summed E-state index contributed by atoms with van der Waals surface area (Å²) >= 11 is 0. The maximum Gasteiger partial charge on any atom is 0.244 e. The minimum Gasteiger partial charge on any atom is -0.481 e. The van der Waals surface area contributed by atoms with Gasteiger partial charge in [-0.25, -0.2) is 17.7 Å². The molecule has 9 nitrogen and oxygen atoms in total. The van der Waals surface area contributed by atoms with Crippen LogP contribution in [0.2, 0.25) is 0 Å². The van der Waals surface area contributed by atoms with Gasteiger partial charge in [-0.05, 0) is 24.1 Å². The normalized spacial score (nSPS) is 24.6. The number of rotatable bonds is 6. The summed E-state index contributed by atoms with van der Waals surface area (Å²) in [5.41, 5.74) is 6.74. The van der Waals surface area contributed by atoms with Crippen molar-refractivity contribution in [2.45, 2.75) is 24.3 Å². The number of aliphatic imine (C=N–C) groups is 1. The fraction of sp³-hybridized carbons (Fsp3) is 0.429. The average Bonchev–Trinajstić information content (AvgIpc) is 3.18. The Kier molecular flexibility index (Phi) is 5.52. The first kappa shape index (κ1) is 21.4. The SMILES string of the molecule is CCOCc1cc(OC)nc(N2C[C@H]3C(c4ccccc4)(C2)N=C(N)N(C)S3(=O)=O)c1. The minimum atomic E-state index is -3.72. The second kappa shape index (κ2) is 8.01. The lowest BCUT2D eigenvalue weighted by Crippen LogP contribution is -2.56. The quantitative estimate of drug-likeness (QED) is 0.714. The van der Waals surface area contributed by atoms with Gasteiger partial charge in [0.2, 0.25) is 21.9 Å². The third-order valence-electron chi connectivity index (χ3n) is 5.86. The maximum absolute atomic E-state index is 13.4. The lowest BCUT2D eigenvalue weighted by molar-refractivity contribution is 0.134. The predicted molar refractivity (Wildman–Crippen MR) is 119 cm³/mol. The molecule has 2 aliphatic rings. The standard InChI is InChI=1S/C21H27N5O4S/c1-4-30-13-15-10-18(23-19(11-15)29-3)26-12-17-21(14-26,16-8-6-5-7-9-16)24-20(22)25(2)31(17,27)28/h5-11,17H,4,12-14H2,1-3H3,(H2,22,24)/t17-,21?/m0/s1. The number of sulfonamides is 1. The third-order valence-corrected chi connectivity index (χ3v) is 8.07. The van der Waals surface area contributed by atoms with Gasteiger partial charge in [0, 0.05) is 26.3 Å². The molecule has 2 aromatic rings. The van der Waals surface area contributed by atoms with Crippen molar-refractivity contribution >= 4 is 21.8 Å². The first-order valence-electron chi connectivity index (χ1n) is 10.1. The van der Waals surface area contributed by atoms with Crippen LogP contribution in [0.4, 0.5) is 5.82 Å². The van der Waals surface area contributed by atoms with E-state index in [2.05, 4.69) is 4.98 Å². The van der Waals surface area contributed by atoms with E-state index in [1.807, 2.05) is 54.3 Å². The molecular weight excluding hydrogens is 418 g/mol. The van der Waals surface area contributed by atoms with Gasteiger partial charge in [-0.2, -0.15) is 4.98 Å². The number of anilines is 1. The highest BCUT2D eigenvalue weighted by Gasteiger charge is 2.58. The lowest BCUT2D eigenvalue weighted by atomic mass is 9.89. The molecule has 1 aromatic carbocycles. The van der Waals surface area contributed by atoms with Crippen LogP contribution < -0.4 is 15.4 Å². The Hall–Kier alpha value is -2.85. The van der Waals surface area contributed by atoms with Crippen LogP contribution in [0.3, 0.4) is 0 Å². The Morgan fingerprint density at radius 1 is 1.26 bits per heavy atom. The van der Waals surface area contributed by atoms with Gasteiger partial charge in [-0.15, -0.1) is 0 Å². The van der Waals surface area contributed by atoms with E-state index in [9.17, 15) is 8.42 Å². The first-order valence-corrected chi connectivity index (χ1v) is 11.6. The number of fused-ring (bicyclic) bond motifs is 1. The molecule has 166 valence electrons. The molecule has 0 radical (unpaired) electrons. The molecule has 0 bridgehead atoms. The molecule has 1 unspecified atom stereocenters. The molecule has 31 heavy (non-hydrogen) atoms. The molecule has 0 saturated carbocycles. The van der Waals surface area contributed by atoms with Gasteiger partial charge in [0.1, 0.15) is 16.6 Å². The Morgan fingerprint density at radius 2 is 2.00 bits per heavy atom. The monoisotopic (exact) mass is 445 g/mol. The highest BCUT2D eigenvalue weighted by atomic mass is 32.2. The number of hydrogen-bond donors (Lipinski definition) is 1. The van der Waals surface area contributed by atoms with E-state index in [1.165, 1.54) is 7.05 Å². The summed E-state index contributed by atoms with van der Waals surface area (Å²) in [6, 6.07) is 13.2. The van der Waals surface area contributed by atoms with Crippen molar-refractivity contribution < 1.29 is 17.9 Å². The van der Waals surface area contributed by atoms with E-state index in [4.69, 9.17) is 20.2 Å². The Labute approximate surface area is 182 Å². The van der Waals surface area contributed by atoms with Crippen LogP contribution in [-0.2, 0) is 26.9 Å². The number of nitrogens with zero attached hydrogens (tertiary/aromatic N) is 4. The Balaban J connectivity index is 1.81. The smallest absolute Gasteiger partial charge is 0.244 e. The van der Waals surface area contributed by atoms with Crippen molar-refractivity contribution in [3.05, 3.63) is 53.6 Å². The van der Waals surface area contributed by atoms with Crippen LogP contribution in [0.25, 0.3) is 0 Å². The molecule has 10 heteroatoms. The lowest BCUT2D eigenvalue weighted by Gasteiger charge is -2.38. The highest BCUT2D eigenvalue weighted by molar-refractivity contribution is 7.90. The summed E-state index contributed by atoms with van der Waals surface area (Å²) in [6.45, 7) is 3.48. The van der Waals surface area contributed by atoms with Gasteiger partial charge < -0.3 is 20.1 Å². The van der Waals surface area contributed by atoms with Crippen molar-refractivity contribution in [3.63, 3.8) is 0 Å². The summed E-state index contributed by atoms with van der Waals surface area (Å²) in [7, 11) is -0.732. The fourth-order valence-corrected chi connectivity index (χ4v) is 6.02. The van der Waals surface area contributed by atoms with Crippen LogP contribution >= 0.6 is 0 Å². The van der Waals surface area contributed by atoms with Crippen LogP contribution in [0.5, 0.6) is 5.88 Å². The number of pyridine rings is 1. The summed E-state index contributed by atoms with van der Waals surface area (Å²) in [5.74, 6) is 1.04. The molecule has 0 spiro atoms. The molecule has 1 fully saturated rings. The van der Waals surface area contributed by atoms with Crippen molar-refractivity contribution in [1.29, 1.82) is 0 Å². The van der Waals surface area contributed by atoms with Gasteiger partial charge in [0.15, 0.2) is 0 Å². The van der Waals surface area contributed by atoms with E-state index in [0.717, 1.165) is 15.4 Å². The number of aromatic nitrogens is 1. The van der Waals surface area contributed by atoms with E-state index in [1.54, 1.807) is 7.11 Å². The molecule has 2 atom stereocenters. The third kappa shape index (κ3) is 3.59. The van der Waals surface area contributed by atoms with Crippen molar-refractivity contribution in [2.24, 2.45) is 10.7 Å². The highest BCUT2D eigenvalue weighted by Crippen LogP contribution is 2.44. The van der Waals surface area contributed by atoms with Crippen molar-refractivity contribution in [2.75, 3.05) is 38.8 Å². The summed E-state index contributed by atoms with van der Waals surface area (Å²) in [5, 5.41) is -0.803. The van der Waals surface area contributed by atoms with Gasteiger partial charge in [-0.3, -0.25) is 0 Å². The predicted octanol–water partition coefficient (Wildman–Crippen LogP) is 1.30. The Bertz CT molecular complexity index is 1090. The summed E-state index contributed by atoms with van der Waals surface area (Å²) in [6.07, 6.45) is 0. The molecule has 1 saturated heterocycles. The Morgan fingerprint density at radius 3 is 2.68 bits per heavy atom. The zero-order valence-corrected chi connectivity index (χ0v) is 18.7. The largest absolute Gasteiger partial charge is 0.481 e. The number of nitrogens with two attached hydrogens (primary N) is 1. The maximum atomic E-state index is 13.4. The second-order valence-electron chi connectivity index (χ2n) is 7.65. The second-order valence-corrected chi connectivity index (χ2v) is 9.80. The number of guanidine groups is 1. The van der Waals surface area contributed by atoms with Gasteiger partial charge in [0.25, 0.3) is 0 Å². The molecular formula is C21H27N5O4S. The first-order chi connectivity index (χ1) is 14.8. The molecule has 0 amide bonds. The molecule has 3 heterocycles. The van der Waals surface area contributed by atoms with E-state index in [0.29, 0.717) is 31.5 Å². The van der Waals surface area contributed by atoms with Crippen LogP contribution in [0.1, 0.15) is 18.1 Å². The number of methoxy groups -OCH3 is 1. The number of ether oxygens (including phenoxy) is 2. The number of hydrogen-bond acceptors (Lipinski definition) is 8. The molecule has 0 aliphatic carbocycles. The van der Waals surface area contributed by atoms with Gasteiger partial charge in [0.05, 0.1) is 20.3 Å². The van der Waals surface area contributed by atoms with Gasteiger partial charge >= 0.3 is 0 Å². The van der Waals surface area contributed by atoms with E-state index in [-0.39, 0.29) is 12.5 Å². The van der Waals surface area contributed by atoms with Crippen molar-refractivity contribution in [3.8, 4) is 5.88 Å². The molecule has 2 N–H and O–H groups in total. The van der Waals surface area contributed by atoms with Crippen LogP contribution in [-0.4, -0.2) is 62.8 Å². The molecule has 1 aromatic heterocycles. The van der Waals surface area contributed by atoms with Crippen LogP contribution in [0, 0.1) is 0 Å². The van der Waals surface area contributed by atoms with Gasteiger partial charge in [-0.1, -0.05) is 30.3 Å². The zero-order chi connectivity index (χ0) is 22.2. The zero-order valence-electron chi connectivity index (χ0n) is 17.9. The summed E-state index contributed by atoms with van der Waals surface area (Å²) < 4.78 is 38.7. The average molecular weight is 446 g/mol. The molecule has 4 rings (SSSR count). The topological polar surface area (TPSA) is 110 Å². The summed E-state index contributed by atoms with van der Waals surface area (Å²) in [4.78, 5) is 11.2. The molecule has 2 aliphatic heterocycles. The number of benzene rings is 1. The van der Waals surface area contributed by atoms with E-state index < -0.39 is 20.8 Å². The minimum absolute atomic E-state index is 0.0161. The van der Waals surface area contributed by atoms with Crippen LogP contribution in [0.15, 0.2) is 47.5 Å². The van der Waals surface area contributed by atoms with Crippen molar-refractivity contribution in [1.82, 2.24) is 9.29 Å².